The topological polar surface area (TPSA) is 82.3 Å². The third kappa shape index (κ3) is 5.31. The van der Waals surface area contributed by atoms with E-state index in [1.54, 1.807) is 24.3 Å². The van der Waals surface area contributed by atoms with Gasteiger partial charge in [0.25, 0.3) is 11.8 Å². The van der Waals surface area contributed by atoms with E-state index in [1.807, 2.05) is 0 Å². The van der Waals surface area contributed by atoms with Gasteiger partial charge < -0.3 is 15.2 Å². The Labute approximate surface area is 197 Å². The first-order valence-electron chi connectivity index (χ1n) is 10.3. The fourth-order valence-corrected chi connectivity index (χ4v) is 4.09. The number of nitrogens with one attached hydrogen (secondary N) is 2. The zero-order valence-corrected chi connectivity index (χ0v) is 18.4. The molecule has 6 nitrogen and oxygen atoms in total. The largest absolute Gasteiger partial charge is 0.332 e. The molecule has 4 rings (SSSR count). The molecule has 0 saturated carbocycles. The minimum atomic E-state index is -3.34. The van der Waals surface area contributed by atoms with Gasteiger partial charge in [0.05, 0.1) is 18.0 Å². The molecular formula is C24H19ClF3N3O3. The molecule has 0 bridgehead atoms. The number of benzene rings is 2. The second kappa shape index (κ2) is 9.34. The van der Waals surface area contributed by atoms with Gasteiger partial charge in [0.15, 0.2) is 0 Å². The van der Waals surface area contributed by atoms with Gasteiger partial charge in [-0.15, -0.1) is 0 Å². The maximum atomic E-state index is 14.5. The average Bonchev–Trinajstić information content (AvgIpc) is 2.78. The molecule has 1 atom stereocenters. The molecule has 1 saturated heterocycles. The predicted molar refractivity (Wildman–Crippen MR) is 121 cm³/mol. The van der Waals surface area contributed by atoms with E-state index < -0.39 is 48.0 Å². The van der Waals surface area contributed by atoms with Crippen molar-refractivity contribution in [3.63, 3.8) is 0 Å². The molecule has 3 aromatic rings. The number of carbonyl (C=O) groups is 2. The molecule has 1 aliphatic heterocycles. The van der Waals surface area contributed by atoms with Crippen molar-refractivity contribution in [2.75, 3.05) is 18.4 Å². The van der Waals surface area contributed by atoms with Gasteiger partial charge in [0.1, 0.15) is 5.82 Å². The summed E-state index contributed by atoms with van der Waals surface area (Å²) in [6.45, 7) is -1.25. The minimum Gasteiger partial charge on any atom is -0.332 e. The lowest BCUT2D eigenvalue weighted by Crippen LogP contribution is -2.52. The number of aromatic nitrogens is 1. The second-order valence-electron chi connectivity index (χ2n) is 8.08. The third-order valence-electron chi connectivity index (χ3n) is 5.46. The standard InChI is InChI=1S/C24H19ClF3N3O3/c25-17-2-1-3-18(10-17)30-22(33)16-11-24(27,28)13-31(12-16)23(34)19-8-14(4-5-20(19)26)15-6-7-29-21(32)9-15/h1-10,16H,11-13H2,(H,29,32)(H,30,33). The van der Waals surface area contributed by atoms with Gasteiger partial charge in [-0.25, -0.2) is 13.2 Å². The van der Waals surface area contributed by atoms with Crippen LogP contribution in [0.1, 0.15) is 16.8 Å². The highest BCUT2D eigenvalue weighted by Gasteiger charge is 2.45. The number of hydrogen-bond acceptors (Lipinski definition) is 3. The van der Waals surface area contributed by atoms with Crippen molar-refractivity contribution in [1.82, 2.24) is 9.88 Å². The van der Waals surface area contributed by atoms with Crippen LogP contribution in [0.2, 0.25) is 5.02 Å². The summed E-state index contributed by atoms with van der Waals surface area (Å²) >= 11 is 5.89. The molecule has 2 heterocycles. The number of aromatic amines is 1. The van der Waals surface area contributed by atoms with E-state index in [9.17, 15) is 27.6 Å². The molecule has 1 fully saturated rings. The van der Waals surface area contributed by atoms with E-state index in [0.29, 0.717) is 21.8 Å². The Morgan fingerprint density at radius 3 is 2.59 bits per heavy atom. The van der Waals surface area contributed by atoms with Crippen molar-refractivity contribution in [3.05, 3.63) is 87.6 Å². The van der Waals surface area contributed by atoms with Gasteiger partial charge in [-0.05, 0) is 47.5 Å². The first kappa shape index (κ1) is 23.6. The Kier molecular flexibility index (Phi) is 6.47. The Morgan fingerprint density at radius 1 is 1.09 bits per heavy atom. The van der Waals surface area contributed by atoms with E-state index >= 15 is 0 Å². The molecular weight excluding hydrogens is 471 g/mol. The summed E-state index contributed by atoms with van der Waals surface area (Å²) in [5, 5.41) is 2.90. The summed E-state index contributed by atoms with van der Waals surface area (Å²) in [5.41, 5.74) is 0.319. The molecule has 2 aromatic carbocycles. The lowest BCUT2D eigenvalue weighted by molar-refractivity contribution is -0.130. The summed E-state index contributed by atoms with van der Waals surface area (Å²) in [6.07, 6.45) is 0.648. The quantitative estimate of drug-likeness (QED) is 0.563. The molecule has 0 spiro atoms. The van der Waals surface area contributed by atoms with E-state index in [1.165, 1.54) is 30.5 Å². The van der Waals surface area contributed by atoms with Gasteiger partial charge in [-0.2, -0.15) is 0 Å². The van der Waals surface area contributed by atoms with E-state index in [2.05, 4.69) is 10.3 Å². The molecule has 1 aromatic heterocycles. The number of carbonyl (C=O) groups excluding carboxylic acids is 2. The Balaban J connectivity index is 1.58. The van der Waals surface area contributed by atoms with Crippen LogP contribution < -0.4 is 10.9 Å². The molecule has 2 N–H and O–H groups in total. The molecule has 0 radical (unpaired) electrons. The van der Waals surface area contributed by atoms with Crippen molar-refractivity contribution < 1.29 is 22.8 Å². The van der Waals surface area contributed by atoms with Crippen LogP contribution in [-0.4, -0.2) is 40.7 Å². The Bertz CT molecular complexity index is 1310. The average molecular weight is 490 g/mol. The number of hydrogen-bond donors (Lipinski definition) is 2. The van der Waals surface area contributed by atoms with Crippen LogP contribution in [0.3, 0.4) is 0 Å². The number of piperidine rings is 1. The summed E-state index contributed by atoms with van der Waals surface area (Å²) < 4.78 is 43.6. The van der Waals surface area contributed by atoms with Crippen LogP contribution in [0, 0.1) is 11.7 Å². The lowest BCUT2D eigenvalue weighted by atomic mass is 9.93. The molecule has 2 amide bonds. The molecule has 1 aliphatic rings. The maximum absolute atomic E-state index is 14.5. The van der Waals surface area contributed by atoms with Crippen LogP contribution in [0.4, 0.5) is 18.9 Å². The Morgan fingerprint density at radius 2 is 1.85 bits per heavy atom. The highest BCUT2D eigenvalue weighted by molar-refractivity contribution is 6.30. The molecule has 34 heavy (non-hydrogen) atoms. The summed E-state index contributed by atoms with van der Waals surface area (Å²) in [4.78, 5) is 40.6. The predicted octanol–water partition coefficient (Wildman–Crippen LogP) is 4.57. The van der Waals surface area contributed by atoms with Gasteiger partial charge in [0, 0.05) is 35.9 Å². The molecule has 0 aliphatic carbocycles. The second-order valence-corrected chi connectivity index (χ2v) is 8.51. The van der Waals surface area contributed by atoms with Crippen LogP contribution in [0.15, 0.2) is 65.6 Å². The van der Waals surface area contributed by atoms with E-state index in [0.717, 1.165) is 11.0 Å². The van der Waals surface area contributed by atoms with Gasteiger partial charge in [0.2, 0.25) is 11.5 Å². The summed E-state index contributed by atoms with van der Waals surface area (Å²) in [5.74, 6) is -7.12. The van der Waals surface area contributed by atoms with Crippen LogP contribution >= 0.6 is 11.6 Å². The zero-order valence-electron chi connectivity index (χ0n) is 17.7. The lowest BCUT2D eigenvalue weighted by Gasteiger charge is -2.37. The molecule has 1 unspecified atom stereocenters. The first-order valence-corrected chi connectivity index (χ1v) is 10.7. The SMILES string of the molecule is O=C(Nc1cccc(Cl)c1)C1CN(C(=O)c2cc(-c3cc[nH]c(=O)c3)ccc2F)CC(F)(F)C1. The maximum Gasteiger partial charge on any atom is 0.266 e. The summed E-state index contributed by atoms with van der Waals surface area (Å²) in [7, 11) is 0. The number of pyridine rings is 1. The van der Waals surface area contributed by atoms with Crippen LogP contribution in [0.25, 0.3) is 11.1 Å². The number of rotatable bonds is 4. The van der Waals surface area contributed by atoms with Crippen molar-refractivity contribution in [2.45, 2.75) is 12.3 Å². The normalized spacial score (nSPS) is 17.3. The fraction of sp³-hybridized carbons (Fsp3) is 0.208. The summed E-state index contributed by atoms with van der Waals surface area (Å²) in [6, 6.07) is 12.7. The zero-order chi connectivity index (χ0) is 24.5. The number of alkyl halides is 2. The minimum absolute atomic E-state index is 0.310. The molecule has 176 valence electrons. The number of H-pyrrole nitrogens is 1. The van der Waals surface area contributed by atoms with E-state index in [-0.39, 0.29) is 12.1 Å². The van der Waals surface area contributed by atoms with Crippen LogP contribution in [-0.2, 0) is 4.79 Å². The number of likely N-dealkylation sites (tertiary alicyclic amines) is 1. The monoisotopic (exact) mass is 489 g/mol. The van der Waals surface area contributed by atoms with Crippen molar-refractivity contribution in [2.24, 2.45) is 5.92 Å². The van der Waals surface area contributed by atoms with Gasteiger partial charge in [-0.3, -0.25) is 14.4 Å². The van der Waals surface area contributed by atoms with E-state index in [4.69, 9.17) is 11.6 Å². The van der Waals surface area contributed by atoms with Crippen molar-refractivity contribution in [3.8, 4) is 11.1 Å². The Hall–Kier alpha value is -3.59. The fourth-order valence-electron chi connectivity index (χ4n) is 3.90. The number of nitrogens with zero attached hydrogens (tertiary/aromatic N) is 1. The first-order chi connectivity index (χ1) is 16.1. The van der Waals surface area contributed by atoms with Crippen molar-refractivity contribution >= 4 is 29.1 Å². The number of anilines is 1. The smallest absolute Gasteiger partial charge is 0.266 e. The molecule has 10 heteroatoms. The number of amides is 2. The van der Waals surface area contributed by atoms with Gasteiger partial charge in [-0.1, -0.05) is 23.7 Å². The van der Waals surface area contributed by atoms with Gasteiger partial charge >= 0.3 is 0 Å². The van der Waals surface area contributed by atoms with Crippen molar-refractivity contribution in [1.29, 1.82) is 0 Å². The third-order valence-corrected chi connectivity index (χ3v) is 5.70. The number of halogens is 4. The van der Waals surface area contributed by atoms with Crippen LogP contribution in [0.5, 0.6) is 0 Å². The highest BCUT2D eigenvalue weighted by atomic mass is 35.5. The highest BCUT2D eigenvalue weighted by Crippen LogP contribution is 2.33.